The van der Waals surface area contributed by atoms with Crippen molar-refractivity contribution in [2.24, 2.45) is 0 Å². The van der Waals surface area contributed by atoms with E-state index >= 15 is 0 Å². The number of likely N-dealkylation sites (tertiary alicyclic amines) is 1. The topological polar surface area (TPSA) is 77.5 Å². The van der Waals surface area contributed by atoms with Crippen LogP contribution in [0.25, 0.3) is 5.57 Å². The van der Waals surface area contributed by atoms with Crippen LogP contribution in [0.1, 0.15) is 18.4 Å². The molecule has 0 spiro atoms. The summed E-state index contributed by atoms with van der Waals surface area (Å²) in [5.74, 6) is 2.00. The van der Waals surface area contributed by atoms with Gasteiger partial charge in [0.25, 0.3) is 12.4 Å². The van der Waals surface area contributed by atoms with E-state index in [9.17, 15) is 9.59 Å². The highest BCUT2D eigenvalue weighted by Gasteiger charge is 2.39. The summed E-state index contributed by atoms with van der Waals surface area (Å²) in [7, 11) is 1.59. The van der Waals surface area contributed by atoms with Crippen molar-refractivity contribution in [1.82, 2.24) is 9.80 Å². The van der Waals surface area contributed by atoms with E-state index in [0.29, 0.717) is 30.9 Å². The number of methoxy groups -OCH3 is 1. The van der Waals surface area contributed by atoms with Gasteiger partial charge in [0.1, 0.15) is 18.5 Å². The van der Waals surface area contributed by atoms with Crippen molar-refractivity contribution in [2.75, 3.05) is 39.9 Å². The summed E-state index contributed by atoms with van der Waals surface area (Å²) >= 11 is 0. The van der Waals surface area contributed by atoms with Gasteiger partial charge in [-0.2, -0.15) is 0 Å². The smallest absolute Gasteiger partial charge is 0.298 e. The van der Waals surface area contributed by atoms with E-state index in [1.54, 1.807) is 7.11 Å². The molecule has 178 valence electrons. The molecule has 0 bridgehead atoms. The van der Waals surface area contributed by atoms with Gasteiger partial charge in [-0.1, -0.05) is 30.3 Å². The third-order valence-electron chi connectivity index (χ3n) is 6.61. The third kappa shape index (κ3) is 4.33. The van der Waals surface area contributed by atoms with Crippen LogP contribution in [0.2, 0.25) is 0 Å². The second kappa shape index (κ2) is 9.77. The number of carbonyl (C=O) groups excluding carboxylic acids is 2. The molecule has 2 atom stereocenters. The van der Waals surface area contributed by atoms with Crippen LogP contribution in [-0.4, -0.2) is 74.2 Å². The second-order valence-electron chi connectivity index (χ2n) is 8.71. The molecular formula is C26H28N2O6. The molecule has 0 N–H and O–H groups in total. The van der Waals surface area contributed by atoms with Gasteiger partial charge in [-0.15, -0.1) is 0 Å². The fourth-order valence-electron chi connectivity index (χ4n) is 5.03. The first-order valence-electron chi connectivity index (χ1n) is 11.6. The minimum absolute atomic E-state index is 0.00973. The maximum atomic E-state index is 13.3. The highest BCUT2D eigenvalue weighted by atomic mass is 16.6. The zero-order valence-electron chi connectivity index (χ0n) is 19.1. The zero-order valence-corrected chi connectivity index (χ0v) is 19.1. The summed E-state index contributed by atoms with van der Waals surface area (Å²) in [5.41, 5.74) is 1.43. The first kappa shape index (κ1) is 22.3. The molecule has 8 heteroatoms. The molecule has 2 aromatic rings. The lowest BCUT2D eigenvalue weighted by Crippen LogP contribution is -2.52. The predicted molar refractivity (Wildman–Crippen MR) is 125 cm³/mol. The number of fused-ring (bicyclic) bond motifs is 1. The van der Waals surface area contributed by atoms with Gasteiger partial charge in [-0.05, 0) is 37.6 Å². The summed E-state index contributed by atoms with van der Waals surface area (Å²) in [4.78, 5) is 28.6. The van der Waals surface area contributed by atoms with E-state index in [1.807, 2.05) is 53.4 Å². The molecule has 0 saturated carbocycles. The predicted octanol–water partition coefficient (Wildman–Crippen LogP) is 2.73. The van der Waals surface area contributed by atoms with E-state index in [2.05, 4.69) is 4.90 Å². The molecule has 0 unspecified atom stereocenters. The molecule has 3 aliphatic rings. The van der Waals surface area contributed by atoms with Gasteiger partial charge >= 0.3 is 0 Å². The zero-order chi connectivity index (χ0) is 23.5. The quantitative estimate of drug-likeness (QED) is 0.583. The molecular weight excluding hydrogens is 436 g/mol. The third-order valence-corrected chi connectivity index (χ3v) is 6.61. The molecule has 0 aromatic heterocycles. The lowest BCUT2D eigenvalue weighted by atomic mass is 10.0. The van der Waals surface area contributed by atoms with E-state index in [-0.39, 0.29) is 23.8 Å². The standard InChI is InChI=1S/C26H28N2O6/c1-31-22-9-3-2-8-20(22)21-15-28(26(30)25(21)33-17-29)18-7-6-12-27(13-18)14-19-16-32-23-10-4-5-11-24(23)34-19/h2-5,8-11,17-19H,6-7,12-16H2,1H3/t18-,19-/m0/s1. The SMILES string of the molecule is COc1ccccc1C1=C(OC=O)C(=O)N([C@H]2CCCN(C[C@H]3COc4ccccc4O3)C2)C1. The molecule has 0 aliphatic carbocycles. The lowest BCUT2D eigenvalue weighted by molar-refractivity contribution is -0.137. The number of benzene rings is 2. The van der Waals surface area contributed by atoms with Crippen molar-refractivity contribution in [3.8, 4) is 17.2 Å². The van der Waals surface area contributed by atoms with Crippen LogP contribution in [0.5, 0.6) is 17.2 Å². The maximum absolute atomic E-state index is 13.3. The van der Waals surface area contributed by atoms with Crippen molar-refractivity contribution in [2.45, 2.75) is 25.0 Å². The first-order chi connectivity index (χ1) is 16.7. The van der Waals surface area contributed by atoms with Gasteiger partial charge in [0, 0.05) is 30.3 Å². The largest absolute Gasteiger partial charge is 0.496 e. The van der Waals surface area contributed by atoms with Crippen molar-refractivity contribution < 1.29 is 28.5 Å². The van der Waals surface area contributed by atoms with Gasteiger partial charge in [-0.3, -0.25) is 14.5 Å². The molecule has 1 saturated heterocycles. The van der Waals surface area contributed by atoms with Crippen LogP contribution in [0, 0.1) is 0 Å². The molecule has 1 fully saturated rings. The summed E-state index contributed by atoms with van der Waals surface area (Å²) < 4.78 is 22.7. The second-order valence-corrected chi connectivity index (χ2v) is 8.71. The number of hydrogen-bond donors (Lipinski definition) is 0. The van der Waals surface area contributed by atoms with E-state index in [0.717, 1.165) is 49.5 Å². The molecule has 8 nitrogen and oxygen atoms in total. The van der Waals surface area contributed by atoms with E-state index < -0.39 is 0 Å². The van der Waals surface area contributed by atoms with E-state index in [4.69, 9.17) is 18.9 Å². The number of carbonyl (C=O) groups is 2. The number of ether oxygens (including phenoxy) is 4. The summed E-state index contributed by atoms with van der Waals surface area (Å²) in [6.45, 7) is 3.56. The number of nitrogens with zero attached hydrogens (tertiary/aromatic N) is 2. The summed E-state index contributed by atoms with van der Waals surface area (Å²) in [6.07, 6.45) is 1.78. The Morgan fingerprint density at radius 1 is 1.12 bits per heavy atom. The van der Waals surface area contributed by atoms with Gasteiger partial charge in [0.2, 0.25) is 5.76 Å². The fraction of sp³-hybridized carbons (Fsp3) is 0.385. The first-order valence-corrected chi connectivity index (χ1v) is 11.6. The maximum Gasteiger partial charge on any atom is 0.298 e. The van der Waals surface area contributed by atoms with Gasteiger partial charge in [-0.25, -0.2) is 0 Å². The van der Waals surface area contributed by atoms with Crippen molar-refractivity contribution in [3.05, 3.63) is 59.9 Å². The minimum atomic E-state index is -0.258. The number of piperidine rings is 1. The van der Waals surface area contributed by atoms with Crippen LogP contribution in [0.15, 0.2) is 54.3 Å². The Bertz CT molecular complexity index is 1100. The molecule has 1 amide bonds. The van der Waals surface area contributed by atoms with Crippen LogP contribution in [-0.2, 0) is 14.3 Å². The Morgan fingerprint density at radius 2 is 1.91 bits per heavy atom. The normalized spacial score (nSPS) is 22.6. The molecule has 0 radical (unpaired) electrons. The van der Waals surface area contributed by atoms with Crippen LogP contribution in [0.4, 0.5) is 0 Å². The average molecular weight is 465 g/mol. The average Bonchev–Trinajstić information content (AvgIpc) is 3.20. The number of para-hydroxylation sites is 3. The molecule has 34 heavy (non-hydrogen) atoms. The monoisotopic (exact) mass is 464 g/mol. The summed E-state index contributed by atoms with van der Waals surface area (Å²) in [6, 6.07) is 15.2. The van der Waals surface area contributed by atoms with Crippen LogP contribution < -0.4 is 14.2 Å². The van der Waals surface area contributed by atoms with Crippen LogP contribution in [0.3, 0.4) is 0 Å². The number of amides is 1. The number of rotatable bonds is 7. The van der Waals surface area contributed by atoms with Crippen molar-refractivity contribution in [1.29, 1.82) is 0 Å². The Hall–Kier alpha value is -3.52. The van der Waals surface area contributed by atoms with Crippen molar-refractivity contribution >= 4 is 18.0 Å². The number of hydrogen-bond acceptors (Lipinski definition) is 7. The molecule has 2 aromatic carbocycles. The van der Waals surface area contributed by atoms with Gasteiger partial charge in [0.05, 0.1) is 13.7 Å². The van der Waals surface area contributed by atoms with Crippen LogP contribution >= 0.6 is 0 Å². The Labute approximate surface area is 198 Å². The fourth-order valence-corrected chi connectivity index (χ4v) is 5.03. The minimum Gasteiger partial charge on any atom is -0.496 e. The van der Waals surface area contributed by atoms with Gasteiger partial charge < -0.3 is 23.8 Å². The van der Waals surface area contributed by atoms with E-state index in [1.165, 1.54) is 0 Å². The molecule has 3 heterocycles. The Balaban J connectivity index is 1.29. The summed E-state index contributed by atoms with van der Waals surface area (Å²) in [5, 5.41) is 0. The highest BCUT2D eigenvalue weighted by Crippen LogP contribution is 2.36. The van der Waals surface area contributed by atoms with Gasteiger partial charge in [0.15, 0.2) is 11.5 Å². The Kier molecular flexibility index (Phi) is 6.40. The molecule has 3 aliphatic heterocycles. The van der Waals surface area contributed by atoms with Crippen molar-refractivity contribution in [3.63, 3.8) is 0 Å². The highest BCUT2D eigenvalue weighted by molar-refractivity contribution is 6.05. The lowest BCUT2D eigenvalue weighted by Gasteiger charge is -2.39. The Morgan fingerprint density at radius 3 is 2.74 bits per heavy atom. The molecule has 5 rings (SSSR count).